The van der Waals surface area contributed by atoms with Crippen molar-refractivity contribution in [2.45, 2.75) is 39.4 Å². The summed E-state index contributed by atoms with van der Waals surface area (Å²) in [4.78, 5) is 23.8. The predicted molar refractivity (Wildman–Crippen MR) is 109 cm³/mol. The average Bonchev–Trinajstić information content (AvgIpc) is 3.12. The summed E-state index contributed by atoms with van der Waals surface area (Å²) in [5.74, 6) is -0.281. The molecule has 2 aromatic rings. The Morgan fingerprint density at radius 3 is 2.41 bits per heavy atom. The minimum Gasteiger partial charge on any atom is -0.350 e. The maximum atomic E-state index is 11.9. The van der Waals surface area contributed by atoms with Crippen LogP contribution in [0.1, 0.15) is 34.2 Å². The second kappa shape index (κ2) is 10.1. The number of carbonyl (C=O) groups is 2. The SMILES string of the molecule is Cc1ccc(CCC(=O)NCC(=O)NCc2ccc3c(c2)CNC3)cc1.Cl. The summed E-state index contributed by atoms with van der Waals surface area (Å²) >= 11 is 0. The molecule has 0 atom stereocenters. The van der Waals surface area contributed by atoms with Crippen LogP contribution in [0.4, 0.5) is 0 Å². The number of halogens is 1. The molecule has 5 nitrogen and oxygen atoms in total. The van der Waals surface area contributed by atoms with E-state index < -0.39 is 0 Å². The molecule has 0 unspecified atom stereocenters. The second-order valence-corrected chi connectivity index (χ2v) is 6.75. The van der Waals surface area contributed by atoms with Crippen molar-refractivity contribution in [1.29, 1.82) is 0 Å². The van der Waals surface area contributed by atoms with Crippen molar-refractivity contribution in [2.75, 3.05) is 6.54 Å². The highest BCUT2D eigenvalue weighted by Crippen LogP contribution is 2.16. The van der Waals surface area contributed by atoms with Gasteiger partial charge in [0.05, 0.1) is 6.54 Å². The van der Waals surface area contributed by atoms with Crippen molar-refractivity contribution in [2.24, 2.45) is 0 Å². The van der Waals surface area contributed by atoms with Crippen LogP contribution < -0.4 is 16.0 Å². The molecule has 0 saturated heterocycles. The van der Waals surface area contributed by atoms with Gasteiger partial charge in [-0.05, 0) is 35.6 Å². The molecule has 1 heterocycles. The Hall–Kier alpha value is -2.37. The molecule has 0 aliphatic carbocycles. The van der Waals surface area contributed by atoms with Crippen LogP contribution in [0.3, 0.4) is 0 Å². The van der Waals surface area contributed by atoms with Crippen LogP contribution in [0.15, 0.2) is 42.5 Å². The summed E-state index contributed by atoms with van der Waals surface area (Å²) in [6.07, 6.45) is 1.06. The number of hydrogen-bond acceptors (Lipinski definition) is 3. The highest BCUT2D eigenvalue weighted by Gasteiger charge is 2.11. The van der Waals surface area contributed by atoms with E-state index in [2.05, 4.69) is 28.1 Å². The molecule has 0 saturated carbocycles. The molecular formula is C21H26ClN3O2. The topological polar surface area (TPSA) is 70.2 Å². The lowest BCUT2D eigenvalue weighted by atomic mass is 10.1. The molecule has 3 N–H and O–H groups in total. The summed E-state index contributed by atoms with van der Waals surface area (Å²) in [5, 5.41) is 8.84. The number of fused-ring (bicyclic) bond motifs is 1. The van der Waals surface area contributed by atoms with Crippen LogP contribution in [0, 0.1) is 6.92 Å². The first-order valence-electron chi connectivity index (χ1n) is 9.00. The smallest absolute Gasteiger partial charge is 0.239 e. The fourth-order valence-corrected chi connectivity index (χ4v) is 3.00. The molecule has 0 fully saturated rings. The van der Waals surface area contributed by atoms with Crippen LogP contribution in [0.25, 0.3) is 0 Å². The van der Waals surface area contributed by atoms with E-state index in [0.29, 0.717) is 19.4 Å². The van der Waals surface area contributed by atoms with Crippen LogP contribution in [-0.4, -0.2) is 18.4 Å². The zero-order chi connectivity index (χ0) is 18.4. The monoisotopic (exact) mass is 387 g/mol. The third kappa shape index (κ3) is 6.38. The Morgan fingerprint density at radius 2 is 1.63 bits per heavy atom. The minimum atomic E-state index is -0.174. The van der Waals surface area contributed by atoms with Gasteiger partial charge in [-0.1, -0.05) is 48.0 Å². The Kier molecular flexibility index (Phi) is 7.82. The third-order valence-corrected chi connectivity index (χ3v) is 4.60. The maximum Gasteiger partial charge on any atom is 0.239 e. The molecular weight excluding hydrogens is 362 g/mol. The number of carbonyl (C=O) groups excluding carboxylic acids is 2. The first kappa shape index (κ1) is 20.9. The van der Waals surface area contributed by atoms with Gasteiger partial charge in [0.2, 0.25) is 11.8 Å². The van der Waals surface area contributed by atoms with Gasteiger partial charge < -0.3 is 16.0 Å². The summed E-state index contributed by atoms with van der Waals surface area (Å²) in [6.45, 7) is 4.32. The molecule has 0 aromatic heterocycles. The van der Waals surface area contributed by atoms with Crippen molar-refractivity contribution in [1.82, 2.24) is 16.0 Å². The van der Waals surface area contributed by atoms with Crippen molar-refractivity contribution in [3.63, 3.8) is 0 Å². The average molecular weight is 388 g/mol. The Balaban J connectivity index is 0.00000261. The Bertz CT molecular complexity index is 791. The van der Waals surface area contributed by atoms with Gasteiger partial charge in [-0.3, -0.25) is 9.59 Å². The largest absolute Gasteiger partial charge is 0.350 e. The molecule has 6 heteroatoms. The quantitative estimate of drug-likeness (QED) is 0.683. The molecule has 1 aliphatic rings. The fourth-order valence-electron chi connectivity index (χ4n) is 3.00. The number of hydrogen-bond donors (Lipinski definition) is 3. The van der Waals surface area contributed by atoms with E-state index in [1.807, 2.05) is 37.3 Å². The normalized spacial score (nSPS) is 12.0. The molecule has 2 aromatic carbocycles. The van der Waals surface area contributed by atoms with Crippen molar-refractivity contribution < 1.29 is 9.59 Å². The lowest BCUT2D eigenvalue weighted by Crippen LogP contribution is -2.36. The van der Waals surface area contributed by atoms with E-state index in [1.165, 1.54) is 16.7 Å². The Morgan fingerprint density at radius 1 is 0.926 bits per heavy atom. The lowest BCUT2D eigenvalue weighted by molar-refractivity contribution is -0.126. The molecule has 27 heavy (non-hydrogen) atoms. The van der Waals surface area contributed by atoms with Gasteiger partial charge in [0.15, 0.2) is 0 Å². The van der Waals surface area contributed by atoms with Gasteiger partial charge in [0, 0.05) is 26.1 Å². The molecule has 3 rings (SSSR count). The van der Waals surface area contributed by atoms with Crippen molar-refractivity contribution in [3.05, 3.63) is 70.3 Å². The number of amides is 2. The molecule has 0 bridgehead atoms. The van der Waals surface area contributed by atoms with Crippen LogP contribution >= 0.6 is 12.4 Å². The highest BCUT2D eigenvalue weighted by atomic mass is 35.5. The van der Waals surface area contributed by atoms with Crippen molar-refractivity contribution in [3.8, 4) is 0 Å². The number of aryl methyl sites for hydroxylation is 2. The van der Waals surface area contributed by atoms with Gasteiger partial charge >= 0.3 is 0 Å². The number of benzene rings is 2. The van der Waals surface area contributed by atoms with E-state index in [9.17, 15) is 9.59 Å². The van der Waals surface area contributed by atoms with E-state index >= 15 is 0 Å². The first-order valence-corrected chi connectivity index (χ1v) is 9.00. The standard InChI is InChI=1S/C21H25N3O2.ClH/c1-15-2-4-16(5-3-15)7-9-20(25)24-14-21(26)23-11-17-6-8-18-12-22-13-19(18)10-17;/h2-6,8,10,22H,7,9,11-14H2,1H3,(H,23,26)(H,24,25);1H. The van der Waals surface area contributed by atoms with E-state index in [1.54, 1.807) is 0 Å². The third-order valence-electron chi connectivity index (χ3n) is 4.60. The summed E-state index contributed by atoms with van der Waals surface area (Å²) < 4.78 is 0. The molecule has 1 aliphatic heterocycles. The van der Waals surface area contributed by atoms with Gasteiger partial charge in [0.1, 0.15) is 0 Å². The van der Waals surface area contributed by atoms with E-state index in [4.69, 9.17) is 0 Å². The second-order valence-electron chi connectivity index (χ2n) is 6.75. The van der Waals surface area contributed by atoms with Gasteiger partial charge in [-0.15, -0.1) is 12.4 Å². The molecule has 2 amide bonds. The highest BCUT2D eigenvalue weighted by molar-refractivity contribution is 5.85. The molecule has 0 radical (unpaired) electrons. The van der Waals surface area contributed by atoms with Gasteiger partial charge in [0.25, 0.3) is 0 Å². The fraction of sp³-hybridized carbons (Fsp3) is 0.333. The molecule has 144 valence electrons. The van der Waals surface area contributed by atoms with Crippen molar-refractivity contribution >= 4 is 24.2 Å². The Labute approximate surface area is 166 Å². The lowest BCUT2D eigenvalue weighted by Gasteiger charge is -2.08. The molecule has 0 spiro atoms. The zero-order valence-corrected chi connectivity index (χ0v) is 16.3. The summed E-state index contributed by atoms with van der Waals surface area (Å²) in [7, 11) is 0. The zero-order valence-electron chi connectivity index (χ0n) is 15.5. The summed E-state index contributed by atoms with van der Waals surface area (Å²) in [5.41, 5.74) is 6.02. The van der Waals surface area contributed by atoms with Gasteiger partial charge in [-0.25, -0.2) is 0 Å². The number of rotatable bonds is 7. The first-order chi connectivity index (χ1) is 12.6. The minimum absolute atomic E-state index is 0. The number of nitrogens with one attached hydrogen (secondary N) is 3. The maximum absolute atomic E-state index is 11.9. The predicted octanol–water partition coefficient (Wildman–Crippen LogP) is 2.39. The summed E-state index contributed by atoms with van der Waals surface area (Å²) in [6, 6.07) is 14.4. The van der Waals surface area contributed by atoms with Crippen LogP contribution in [0.5, 0.6) is 0 Å². The van der Waals surface area contributed by atoms with E-state index in [0.717, 1.165) is 24.2 Å². The van der Waals surface area contributed by atoms with Crippen LogP contribution in [0.2, 0.25) is 0 Å². The van der Waals surface area contributed by atoms with Crippen LogP contribution in [-0.2, 0) is 35.6 Å². The van der Waals surface area contributed by atoms with Gasteiger partial charge in [-0.2, -0.15) is 0 Å². The van der Waals surface area contributed by atoms with E-state index in [-0.39, 0.29) is 30.8 Å².